The predicted molar refractivity (Wildman–Crippen MR) is 128 cm³/mol. The van der Waals surface area contributed by atoms with Crippen molar-refractivity contribution in [1.82, 2.24) is 9.88 Å². The SMILES string of the molecule is O=C(c1ccccc1-c1ccccc1)N1CCOCC(Cc2ccc3ccncc3c2)C1. The Labute approximate surface area is 188 Å². The van der Waals surface area contributed by atoms with E-state index in [2.05, 4.69) is 35.3 Å². The molecule has 2 heterocycles. The summed E-state index contributed by atoms with van der Waals surface area (Å²) in [6.45, 7) is 2.53. The van der Waals surface area contributed by atoms with Gasteiger partial charge in [0.1, 0.15) is 0 Å². The molecule has 160 valence electrons. The van der Waals surface area contributed by atoms with Gasteiger partial charge in [0, 0.05) is 42.4 Å². The minimum atomic E-state index is 0.0719. The van der Waals surface area contributed by atoms with Gasteiger partial charge in [-0.1, -0.05) is 60.7 Å². The van der Waals surface area contributed by atoms with Crippen molar-refractivity contribution in [3.8, 4) is 11.1 Å². The van der Waals surface area contributed by atoms with Crippen LogP contribution in [0.3, 0.4) is 0 Å². The number of carbonyl (C=O) groups is 1. The molecule has 32 heavy (non-hydrogen) atoms. The minimum Gasteiger partial charge on any atom is -0.379 e. The lowest BCUT2D eigenvalue weighted by Crippen LogP contribution is -2.36. The monoisotopic (exact) mass is 422 g/mol. The summed E-state index contributed by atoms with van der Waals surface area (Å²) in [5.41, 5.74) is 4.03. The molecule has 1 unspecified atom stereocenters. The van der Waals surface area contributed by atoms with Gasteiger partial charge in [-0.25, -0.2) is 0 Å². The first kappa shape index (κ1) is 20.4. The number of nitrogens with zero attached hydrogens (tertiary/aromatic N) is 2. The highest BCUT2D eigenvalue weighted by Gasteiger charge is 2.25. The fourth-order valence-corrected chi connectivity index (χ4v) is 4.49. The first-order chi connectivity index (χ1) is 15.8. The lowest BCUT2D eigenvalue weighted by molar-refractivity contribution is 0.0738. The van der Waals surface area contributed by atoms with Crippen molar-refractivity contribution in [3.63, 3.8) is 0 Å². The summed E-state index contributed by atoms with van der Waals surface area (Å²) in [7, 11) is 0. The molecule has 4 nitrogen and oxygen atoms in total. The van der Waals surface area contributed by atoms with E-state index in [1.54, 1.807) is 0 Å². The van der Waals surface area contributed by atoms with Crippen LogP contribution in [0.2, 0.25) is 0 Å². The topological polar surface area (TPSA) is 42.4 Å². The highest BCUT2D eigenvalue weighted by atomic mass is 16.5. The van der Waals surface area contributed by atoms with Crippen LogP contribution < -0.4 is 0 Å². The summed E-state index contributed by atoms with van der Waals surface area (Å²) < 4.78 is 5.89. The molecule has 0 bridgehead atoms. The van der Waals surface area contributed by atoms with Crippen LogP contribution in [0.25, 0.3) is 21.9 Å². The van der Waals surface area contributed by atoms with Crippen molar-refractivity contribution >= 4 is 16.7 Å². The smallest absolute Gasteiger partial charge is 0.254 e. The van der Waals surface area contributed by atoms with Gasteiger partial charge in [0.2, 0.25) is 0 Å². The Hall–Kier alpha value is -3.50. The number of fused-ring (bicyclic) bond motifs is 1. The zero-order chi connectivity index (χ0) is 21.8. The van der Waals surface area contributed by atoms with E-state index in [1.807, 2.05) is 65.8 Å². The Bertz CT molecular complexity index is 1220. The predicted octanol–water partition coefficient (Wildman–Crippen LogP) is 5.23. The summed E-state index contributed by atoms with van der Waals surface area (Å²) >= 11 is 0. The van der Waals surface area contributed by atoms with Crippen molar-refractivity contribution in [2.45, 2.75) is 6.42 Å². The maximum Gasteiger partial charge on any atom is 0.254 e. The Morgan fingerprint density at radius 1 is 0.969 bits per heavy atom. The quantitative estimate of drug-likeness (QED) is 0.452. The molecule has 0 aliphatic carbocycles. The molecule has 0 radical (unpaired) electrons. The Kier molecular flexibility index (Phi) is 5.95. The zero-order valence-corrected chi connectivity index (χ0v) is 18.0. The normalized spacial score (nSPS) is 16.6. The van der Waals surface area contributed by atoms with E-state index < -0.39 is 0 Å². The van der Waals surface area contributed by atoms with Crippen LogP contribution in [-0.2, 0) is 11.2 Å². The summed E-state index contributed by atoms with van der Waals surface area (Å²) in [6.07, 6.45) is 4.59. The molecule has 4 aromatic rings. The van der Waals surface area contributed by atoms with Gasteiger partial charge in [0.15, 0.2) is 0 Å². The third kappa shape index (κ3) is 4.41. The molecule has 0 saturated carbocycles. The molecule has 0 spiro atoms. The highest BCUT2D eigenvalue weighted by Crippen LogP contribution is 2.26. The first-order valence-corrected chi connectivity index (χ1v) is 11.1. The van der Waals surface area contributed by atoms with Crippen molar-refractivity contribution in [3.05, 3.63) is 102 Å². The molecule has 1 aliphatic rings. The molecule has 1 amide bonds. The molecule has 4 heteroatoms. The molecule has 5 rings (SSSR count). The number of carbonyl (C=O) groups excluding carboxylic acids is 1. The van der Waals surface area contributed by atoms with Gasteiger partial charge in [-0.3, -0.25) is 9.78 Å². The number of hydrogen-bond donors (Lipinski definition) is 0. The number of ether oxygens (including phenoxy) is 1. The van der Waals surface area contributed by atoms with Crippen molar-refractivity contribution in [2.75, 3.05) is 26.3 Å². The van der Waals surface area contributed by atoms with Gasteiger partial charge in [-0.05, 0) is 46.7 Å². The van der Waals surface area contributed by atoms with Crippen LogP contribution in [0.15, 0.2) is 91.3 Å². The minimum absolute atomic E-state index is 0.0719. The van der Waals surface area contributed by atoms with E-state index in [9.17, 15) is 4.79 Å². The summed E-state index contributed by atoms with van der Waals surface area (Å²) in [4.78, 5) is 19.8. The number of amides is 1. The van der Waals surface area contributed by atoms with Crippen molar-refractivity contribution < 1.29 is 9.53 Å². The van der Waals surface area contributed by atoms with Crippen LogP contribution in [0.4, 0.5) is 0 Å². The van der Waals surface area contributed by atoms with E-state index in [4.69, 9.17) is 4.74 Å². The van der Waals surface area contributed by atoms with Gasteiger partial charge < -0.3 is 9.64 Å². The molecular formula is C28H26N2O2. The van der Waals surface area contributed by atoms with E-state index in [-0.39, 0.29) is 11.8 Å². The molecule has 1 aliphatic heterocycles. The van der Waals surface area contributed by atoms with E-state index in [1.165, 1.54) is 10.9 Å². The van der Waals surface area contributed by atoms with Gasteiger partial charge in [0.05, 0.1) is 13.2 Å². The van der Waals surface area contributed by atoms with Crippen molar-refractivity contribution in [2.24, 2.45) is 5.92 Å². The zero-order valence-electron chi connectivity index (χ0n) is 18.0. The van der Waals surface area contributed by atoms with Crippen LogP contribution in [0.1, 0.15) is 15.9 Å². The molecule has 1 aromatic heterocycles. The standard InChI is InChI=1S/C28H26N2O2/c31-28(27-9-5-4-8-26(27)24-6-2-1-3-7-24)30-14-15-32-20-22(19-30)16-21-10-11-23-12-13-29-18-25(23)17-21/h1-13,17-18,22H,14-16,19-20H2. The Morgan fingerprint density at radius 3 is 2.72 bits per heavy atom. The molecule has 1 saturated heterocycles. The van der Waals surface area contributed by atoms with Crippen LogP contribution >= 0.6 is 0 Å². The van der Waals surface area contributed by atoms with Crippen LogP contribution in [-0.4, -0.2) is 42.1 Å². The van der Waals surface area contributed by atoms with E-state index in [0.717, 1.165) is 28.5 Å². The fourth-order valence-electron chi connectivity index (χ4n) is 4.49. The van der Waals surface area contributed by atoms with Crippen molar-refractivity contribution in [1.29, 1.82) is 0 Å². The van der Waals surface area contributed by atoms with E-state index >= 15 is 0 Å². The van der Waals surface area contributed by atoms with Crippen LogP contribution in [0, 0.1) is 5.92 Å². The maximum absolute atomic E-state index is 13.6. The third-order valence-corrected chi connectivity index (χ3v) is 6.10. The number of rotatable bonds is 4. The second-order valence-electron chi connectivity index (χ2n) is 8.37. The van der Waals surface area contributed by atoms with Gasteiger partial charge in [-0.2, -0.15) is 0 Å². The molecule has 0 N–H and O–H groups in total. The second kappa shape index (κ2) is 9.33. The van der Waals surface area contributed by atoms with Crippen LogP contribution in [0.5, 0.6) is 0 Å². The number of pyridine rings is 1. The lowest BCUT2D eigenvalue weighted by Gasteiger charge is -2.25. The average Bonchev–Trinajstić information content (AvgIpc) is 3.09. The highest BCUT2D eigenvalue weighted by molar-refractivity contribution is 6.01. The first-order valence-electron chi connectivity index (χ1n) is 11.1. The van der Waals surface area contributed by atoms with Gasteiger partial charge >= 0.3 is 0 Å². The summed E-state index contributed by atoms with van der Waals surface area (Å²) in [6, 6.07) is 26.5. The summed E-state index contributed by atoms with van der Waals surface area (Å²) in [5.74, 6) is 0.321. The number of benzene rings is 3. The maximum atomic E-state index is 13.6. The van der Waals surface area contributed by atoms with Gasteiger partial charge in [-0.15, -0.1) is 0 Å². The Morgan fingerprint density at radius 2 is 1.81 bits per heavy atom. The lowest BCUT2D eigenvalue weighted by atomic mass is 9.96. The fraction of sp³-hybridized carbons (Fsp3) is 0.214. The van der Waals surface area contributed by atoms with Gasteiger partial charge in [0.25, 0.3) is 5.91 Å². The number of hydrogen-bond acceptors (Lipinski definition) is 3. The summed E-state index contributed by atoms with van der Waals surface area (Å²) in [5, 5.41) is 2.33. The third-order valence-electron chi connectivity index (χ3n) is 6.10. The Balaban J connectivity index is 1.37. The second-order valence-corrected chi connectivity index (χ2v) is 8.37. The molecule has 1 atom stereocenters. The average molecular weight is 423 g/mol. The number of aromatic nitrogens is 1. The largest absolute Gasteiger partial charge is 0.379 e. The molecule has 1 fully saturated rings. The molecular weight excluding hydrogens is 396 g/mol. The van der Waals surface area contributed by atoms with E-state index in [0.29, 0.717) is 26.3 Å². The molecule has 3 aromatic carbocycles.